The first kappa shape index (κ1) is 18.5. The Bertz CT molecular complexity index is 848. The maximum absolute atomic E-state index is 12.1. The Hall–Kier alpha value is -3.27. The molecule has 27 heavy (non-hydrogen) atoms. The van der Waals surface area contributed by atoms with Crippen LogP contribution in [0.3, 0.4) is 0 Å². The van der Waals surface area contributed by atoms with Gasteiger partial charge in [0.25, 0.3) is 0 Å². The van der Waals surface area contributed by atoms with Crippen LogP contribution in [0.1, 0.15) is 18.1 Å². The SMILES string of the molecule is CC(OC(=O)Oc1ccc(Cc2ccccc2)cc1)N(C)c1ccccc1. The van der Waals surface area contributed by atoms with Gasteiger partial charge in [-0.1, -0.05) is 60.7 Å². The van der Waals surface area contributed by atoms with Gasteiger partial charge >= 0.3 is 6.16 Å². The minimum atomic E-state index is -0.721. The molecule has 138 valence electrons. The highest BCUT2D eigenvalue weighted by atomic mass is 16.7. The fourth-order valence-corrected chi connectivity index (χ4v) is 2.72. The number of nitrogens with zero attached hydrogens (tertiary/aromatic N) is 1. The first-order valence-electron chi connectivity index (χ1n) is 8.91. The highest BCUT2D eigenvalue weighted by molar-refractivity contribution is 5.64. The molecule has 0 spiro atoms. The first-order valence-corrected chi connectivity index (χ1v) is 8.91. The molecule has 0 radical (unpaired) electrons. The Balaban J connectivity index is 1.53. The molecule has 3 aromatic rings. The van der Waals surface area contributed by atoms with Gasteiger partial charge in [0.2, 0.25) is 0 Å². The lowest BCUT2D eigenvalue weighted by atomic mass is 10.1. The number of carbonyl (C=O) groups excluding carboxylic acids is 1. The van der Waals surface area contributed by atoms with Gasteiger partial charge in [-0.15, -0.1) is 0 Å². The van der Waals surface area contributed by atoms with E-state index in [0.717, 1.165) is 17.7 Å². The lowest BCUT2D eigenvalue weighted by Crippen LogP contribution is -2.34. The van der Waals surface area contributed by atoms with Gasteiger partial charge in [-0.25, -0.2) is 4.79 Å². The Morgan fingerprint density at radius 3 is 2.04 bits per heavy atom. The summed E-state index contributed by atoms with van der Waals surface area (Å²) in [4.78, 5) is 13.9. The Morgan fingerprint density at radius 1 is 0.852 bits per heavy atom. The lowest BCUT2D eigenvalue weighted by Gasteiger charge is -2.26. The van der Waals surface area contributed by atoms with E-state index >= 15 is 0 Å². The molecule has 0 fully saturated rings. The molecule has 4 heteroatoms. The predicted molar refractivity (Wildman–Crippen MR) is 107 cm³/mol. The van der Waals surface area contributed by atoms with E-state index in [2.05, 4.69) is 12.1 Å². The molecular formula is C23H23NO3. The fourth-order valence-electron chi connectivity index (χ4n) is 2.72. The molecule has 4 nitrogen and oxygen atoms in total. The van der Waals surface area contributed by atoms with Crippen molar-refractivity contribution in [2.24, 2.45) is 0 Å². The number of para-hydroxylation sites is 1. The van der Waals surface area contributed by atoms with Crippen molar-refractivity contribution in [1.29, 1.82) is 0 Å². The van der Waals surface area contributed by atoms with Crippen molar-refractivity contribution < 1.29 is 14.3 Å². The second kappa shape index (κ2) is 8.90. The molecule has 0 heterocycles. The molecule has 0 aliphatic rings. The maximum atomic E-state index is 12.1. The van der Waals surface area contributed by atoms with Crippen molar-refractivity contribution >= 4 is 11.8 Å². The molecule has 0 N–H and O–H groups in total. The smallest absolute Gasteiger partial charge is 0.410 e. The summed E-state index contributed by atoms with van der Waals surface area (Å²) in [5.41, 5.74) is 3.35. The third-order valence-corrected chi connectivity index (χ3v) is 4.35. The molecule has 0 bridgehead atoms. The molecule has 0 aliphatic carbocycles. The maximum Gasteiger partial charge on any atom is 0.515 e. The van der Waals surface area contributed by atoms with Gasteiger partial charge in [-0.3, -0.25) is 0 Å². The number of ether oxygens (including phenoxy) is 2. The average molecular weight is 361 g/mol. The molecule has 3 rings (SSSR count). The summed E-state index contributed by atoms with van der Waals surface area (Å²) in [6.07, 6.45) is -0.330. The molecule has 1 unspecified atom stereocenters. The van der Waals surface area contributed by atoms with Gasteiger partial charge in [-0.2, -0.15) is 0 Å². The standard InChI is InChI=1S/C23H23NO3/c1-18(24(2)21-11-7-4-8-12-21)26-23(25)27-22-15-13-20(14-16-22)17-19-9-5-3-6-10-19/h3-16,18H,17H2,1-2H3. The van der Waals surface area contributed by atoms with E-state index in [1.54, 1.807) is 19.1 Å². The minimum Gasteiger partial charge on any atom is -0.410 e. The normalized spacial score (nSPS) is 11.5. The molecule has 0 saturated carbocycles. The van der Waals surface area contributed by atoms with Crippen LogP contribution in [0.5, 0.6) is 5.75 Å². The summed E-state index contributed by atoms with van der Waals surface area (Å²) in [5, 5.41) is 0. The second-order valence-corrected chi connectivity index (χ2v) is 6.32. The summed E-state index contributed by atoms with van der Waals surface area (Å²) >= 11 is 0. The third-order valence-electron chi connectivity index (χ3n) is 4.35. The largest absolute Gasteiger partial charge is 0.515 e. The first-order chi connectivity index (χ1) is 13.1. The van der Waals surface area contributed by atoms with E-state index in [1.807, 2.05) is 72.6 Å². The molecular weight excluding hydrogens is 338 g/mol. The van der Waals surface area contributed by atoms with Gasteiger partial charge in [0.15, 0.2) is 6.23 Å². The molecule has 0 saturated heterocycles. The number of anilines is 1. The molecule has 0 aromatic heterocycles. The molecule has 3 aromatic carbocycles. The minimum absolute atomic E-state index is 0.447. The monoisotopic (exact) mass is 361 g/mol. The van der Waals surface area contributed by atoms with E-state index in [4.69, 9.17) is 9.47 Å². The molecule has 0 amide bonds. The van der Waals surface area contributed by atoms with Crippen LogP contribution in [0.2, 0.25) is 0 Å². The molecule has 1 atom stereocenters. The van der Waals surface area contributed by atoms with Crippen molar-refractivity contribution in [3.05, 3.63) is 96.1 Å². The van der Waals surface area contributed by atoms with Crippen LogP contribution in [-0.2, 0) is 11.2 Å². The number of hydrogen-bond donors (Lipinski definition) is 0. The van der Waals surface area contributed by atoms with Crippen molar-refractivity contribution in [1.82, 2.24) is 0 Å². The fraction of sp³-hybridized carbons (Fsp3) is 0.174. The predicted octanol–water partition coefficient (Wildman–Crippen LogP) is 5.28. The van der Waals surface area contributed by atoms with Gasteiger partial charge < -0.3 is 14.4 Å². The van der Waals surface area contributed by atoms with Crippen LogP contribution in [0, 0.1) is 0 Å². The Labute approximate surface area is 160 Å². The zero-order valence-corrected chi connectivity index (χ0v) is 15.5. The third kappa shape index (κ3) is 5.35. The quantitative estimate of drug-likeness (QED) is 0.340. The highest BCUT2D eigenvalue weighted by Gasteiger charge is 2.16. The summed E-state index contributed by atoms with van der Waals surface area (Å²) in [6, 6.07) is 27.4. The average Bonchev–Trinajstić information content (AvgIpc) is 2.70. The zero-order chi connectivity index (χ0) is 19.1. The summed E-state index contributed by atoms with van der Waals surface area (Å²) < 4.78 is 10.6. The van der Waals surface area contributed by atoms with E-state index in [1.165, 1.54) is 5.56 Å². The lowest BCUT2D eigenvalue weighted by molar-refractivity contribution is 0.0661. The van der Waals surface area contributed by atoms with Crippen LogP contribution in [0.15, 0.2) is 84.9 Å². The van der Waals surface area contributed by atoms with Crippen LogP contribution < -0.4 is 9.64 Å². The van der Waals surface area contributed by atoms with Crippen LogP contribution in [0.25, 0.3) is 0 Å². The number of carbonyl (C=O) groups is 1. The highest BCUT2D eigenvalue weighted by Crippen LogP contribution is 2.18. The van der Waals surface area contributed by atoms with Crippen LogP contribution >= 0.6 is 0 Å². The van der Waals surface area contributed by atoms with Gasteiger partial charge in [0.05, 0.1) is 0 Å². The Kier molecular flexibility index (Phi) is 6.10. The van der Waals surface area contributed by atoms with Gasteiger partial charge in [-0.05, 0) is 48.7 Å². The number of rotatable bonds is 6. The summed E-state index contributed by atoms with van der Waals surface area (Å²) in [5.74, 6) is 0.464. The summed E-state index contributed by atoms with van der Waals surface area (Å²) in [7, 11) is 1.87. The van der Waals surface area contributed by atoms with Gasteiger partial charge in [0, 0.05) is 12.7 Å². The summed E-state index contributed by atoms with van der Waals surface area (Å²) in [6.45, 7) is 1.80. The second-order valence-electron chi connectivity index (χ2n) is 6.32. The van der Waals surface area contributed by atoms with E-state index in [9.17, 15) is 4.79 Å². The van der Waals surface area contributed by atoms with Crippen molar-refractivity contribution in [2.75, 3.05) is 11.9 Å². The Morgan fingerprint density at radius 2 is 1.41 bits per heavy atom. The molecule has 0 aliphatic heterocycles. The van der Waals surface area contributed by atoms with Crippen LogP contribution in [-0.4, -0.2) is 19.4 Å². The van der Waals surface area contributed by atoms with E-state index in [-0.39, 0.29) is 0 Å². The van der Waals surface area contributed by atoms with E-state index in [0.29, 0.717) is 5.75 Å². The van der Waals surface area contributed by atoms with Crippen LogP contribution in [0.4, 0.5) is 10.5 Å². The number of benzene rings is 3. The van der Waals surface area contributed by atoms with Crippen molar-refractivity contribution in [3.8, 4) is 5.75 Å². The number of hydrogen-bond acceptors (Lipinski definition) is 4. The zero-order valence-electron chi connectivity index (χ0n) is 15.5. The van der Waals surface area contributed by atoms with Gasteiger partial charge in [0.1, 0.15) is 5.75 Å². The van der Waals surface area contributed by atoms with Crippen molar-refractivity contribution in [3.63, 3.8) is 0 Å². The van der Waals surface area contributed by atoms with E-state index < -0.39 is 12.4 Å². The topological polar surface area (TPSA) is 38.8 Å². The van der Waals surface area contributed by atoms with Crippen molar-refractivity contribution in [2.45, 2.75) is 19.6 Å².